The molecule has 0 aromatic heterocycles. The maximum absolute atomic E-state index is 14.1. The predicted molar refractivity (Wildman–Crippen MR) is 274 cm³/mol. The molecule has 2 unspecified atom stereocenters. The molecule has 4 saturated heterocycles. The standard InChI is InChI=1S/C33H31N5O3.C26H28N4O3/c1-23(29-11-10-28-12-17-41-30(28)18-29)36-15-13-33(14-16-36)31(39)37(21-26-6-2-24(19-34)3-7-26)32(40)38(33)22-27-8-4-25(20-35)5-9-27;1-18(22-8-7-21-9-14-33-23(21)15-22)29-12-10-26(11-13-29)24(31)30(25(32)28(26)2)17-20-5-3-19(16-27)4-6-20/h2-11,18,23H,12-17,21-22H2,1H3;3-8,15,18H,9-14,17H2,1-2H3. The minimum atomic E-state index is -0.936. The van der Waals surface area contributed by atoms with Crippen LogP contribution in [0.2, 0.25) is 0 Å². The quantitative estimate of drug-likeness (QED) is 0.123. The van der Waals surface area contributed by atoms with E-state index in [9.17, 15) is 24.4 Å². The van der Waals surface area contributed by atoms with E-state index in [1.165, 1.54) is 32.1 Å². The number of rotatable bonds is 10. The van der Waals surface area contributed by atoms with Gasteiger partial charge < -0.3 is 19.3 Å². The van der Waals surface area contributed by atoms with Gasteiger partial charge in [0.05, 0.1) is 61.2 Å². The summed E-state index contributed by atoms with van der Waals surface area (Å²) in [5.74, 6) is 1.67. The Morgan fingerprint density at radius 3 is 1.31 bits per heavy atom. The Morgan fingerprint density at radius 2 is 0.892 bits per heavy atom. The van der Waals surface area contributed by atoms with Crippen LogP contribution in [0.5, 0.6) is 11.5 Å². The Labute approximate surface area is 432 Å². The van der Waals surface area contributed by atoms with Crippen molar-refractivity contribution in [2.75, 3.05) is 46.4 Å². The van der Waals surface area contributed by atoms with Crippen LogP contribution in [0.4, 0.5) is 9.59 Å². The summed E-state index contributed by atoms with van der Waals surface area (Å²) in [5, 5.41) is 27.3. The molecule has 4 fully saturated rings. The molecule has 6 aliphatic heterocycles. The molecular weight excluding hydrogens is 931 g/mol. The van der Waals surface area contributed by atoms with Crippen LogP contribution >= 0.6 is 0 Å². The maximum Gasteiger partial charge on any atom is 0.328 e. The summed E-state index contributed by atoms with van der Waals surface area (Å²) in [4.78, 5) is 65.4. The number of benzene rings is 5. The third-order valence-corrected chi connectivity index (χ3v) is 16.4. The van der Waals surface area contributed by atoms with Gasteiger partial charge in [-0.2, -0.15) is 15.8 Å². The van der Waals surface area contributed by atoms with E-state index < -0.39 is 11.1 Å². The number of nitrogens with zero attached hydrogens (tertiary/aromatic N) is 9. The van der Waals surface area contributed by atoms with Crippen LogP contribution in [0.15, 0.2) is 109 Å². The molecule has 74 heavy (non-hydrogen) atoms. The van der Waals surface area contributed by atoms with Crippen molar-refractivity contribution < 1.29 is 28.7 Å². The first-order valence-electron chi connectivity index (χ1n) is 25.5. The molecule has 2 spiro atoms. The summed E-state index contributed by atoms with van der Waals surface area (Å²) in [6, 6.07) is 40.3. The second-order valence-electron chi connectivity index (χ2n) is 20.3. The lowest BCUT2D eigenvalue weighted by Crippen LogP contribution is -2.56. The number of likely N-dealkylation sites (N-methyl/N-ethyl adjacent to an activating group) is 1. The van der Waals surface area contributed by atoms with Crippen molar-refractivity contribution in [3.05, 3.63) is 165 Å². The van der Waals surface area contributed by atoms with Crippen LogP contribution in [-0.4, -0.2) is 111 Å². The summed E-state index contributed by atoms with van der Waals surface area (Å²) in [6.07, 6.45) is 4.21. The first-order chi connectivity index (χ1) is 35.8. The molecule has 15 nitrogen and oxygen atoms in total. The lowest BCUT2D eigenvalue weighted by Gasteiger charge is -2.44. The fourth-order valence-corrected chi connectivity index (χ4v) is 11.6. The number of piperidine rings is 2. The smallest absolute Gasteiger partial charge is 0.328 e. The third kappa shape index (κ3) is 9.21. The Bertz CT molecular complexity index is 3100. The molecule has 6 heterocycles. The normalized spacial score (nSPS) is 19.5. The molecule has 0 saturated carbocycles. The van der Waals surface area contributed by atoms with Crippen molar-refractivity contribution in [2.24, 2.45) is 0 Å². The van der Waals surface area contributed by atoms with Crippen molar-refractivity contribution in [3.63, 3.8) is 0 Å². The fourth-order valence-electron chi connectivity index (χ4n) is 11.6. The monoisotopic (exact) mass is 989 g/mol. The Hall–Kier alpha value is -8.03. The highest BCUT2D eigenvalue weighted by molar-refractivity contribution is 6.07. The van der Waals surface area contributed by atoms with E-state index in [0.717, 1.165) is 67.3 Å². The molecule has 0 radical (unpaired) electrons. The number of hydrogen-bond donors (Lipinski definition) is 0. The fraction of sp³-hybridized carbons (Fsp3) is 0.373. The predicted octanol–water partition coefficient (Wildman–Crippen LogP) is 8.41. The summed E-state index contributed by atoms with van der Waals surface area (Å²) in [7, 11) is 1.75. The molecule has 11 rings (SSSR count). The van der Waals surface area contributed by atoms with Crippen molar-refractivity contribution in [1.82, 2.24) is 29.4 Å². The van der Waals surface area contributed by atoms with Crippen LogP contribution in [0.25, 0.3) is 0 Å². The number of amides is 6. The van der Waals surface area contributed by atoms with Gasteiger partial charge in [0.1, 0.15) is 22.6 Å². The zero-order valence-electron chi connectivity index (χ0n) is 42.1. The van der Waals surface area contributed by atoms with Crippen LogP contribution in [0.1, 0.15) is 107 Å². The third-order valence-electron chi connectivity index (χ3n) is 16.4. The van der Waals surface area contributed by atoms with E-state index in [-0.39, 0.29) is 55.6 Å². The van der Waals surface area contributed by atoms with Crippen molar-refractivity contribution >= 4 is 23.9 Å². The Morgan fingerprint density at radius 1 is 0.514 bits per heavy atom. The first-order valence-corrected chi connectivity index (χ1v) is 25.5. The molecule has 6 aliphatic rings. The summed E-state index contributed by atoms with van der Waals surface area (Å²) in [5.41, 5.74) is 7.35. The highest BCUT2D eigenvalue weighted by atomic mass is 16.5. The number of ether oxygens (including phenoxy) is 2. The number of nitriles is 3. The molecule has 5 aromatic rings. The number of carbonyl (C=O) groups is 4. The SMILES string of the molecule is CC(c1ccc2c(c1)OCC2)N1CCC2(CC1)C(=O)N(Cc1ccc(C#N)cc1)C(=O)N2C.CC(c1ccc2c(c1)OCC2)N1CCC2(CC1)C(=O)N(Cc1ccc(C#N)cc1)C(=O)N2Cc1ccc(C#N)cc1. The number of likely N-dealkylation sites (tertiary alicyclic amines) is 2. The van der Waals surface area contributed by atoms with Gasteiger partial charge in [-0.1, -0.05) is 60.7 Å². The van der Waals surface area contributed by atoms with Gasteiger partial charge in [0.25, 0.3) is 11.8 Å². The molecule has 5 aromatic carbocycles. The zero-order chi connectivity index (χ0) is 51.7. The van der Waals surface area contributed by atoms with E-state index in [2.05, 4.69) is 78.3 Å². The molecular formula is C59H59N9O6. The van der Waals surface area contributed by atoms with Gasteiger partial charge in [-0.25, -0.2) is 9.59 Å². The van der Waals surface area contributed by atoms with E-state index in [0.29, 0.717) is 55.5 Å². The van der Waals surface area contributed by atoms with Crippen LogP contribution in [-0.2, 0) is 42.1 Å². The Kier molecular flexibility index (Phi) is 13.7. The van der Waals surface area contributed by atoms with Gasteiger partial charge in [-0.3, -0.25) is 29.2 Å². The largest absolute Gasteiger partial charge is 0.493 e. The van der Waals surface area contributed by atoms with Gasteiger partial charge >= 0.3 is 12.1 Å². The highest BCUT2D eigenvalue weighted by Crippen LogP contribution is 2.43. The van der Waals surface area contributed by atoms with E-state index in [1.807, 2.05) is 12.1 Å². The zero-order valence-corrected chi connectivity index (χ0v) is 42.1. The second-order valence-corrected chi connectivity index (χ2v) is 20.3. The minimum absolute atomic E-state index is 0.113. The number of urea groups is 2. The van der Waals surface area contributed by atoms with Crippen LogP contribution < -0.4 is 9.47 Å². The summed E-state index contributed by atoms with van der Waals surface area (Å²) >= 11 is 0. The van der Waals surface area contributed by atoms with Crippen molar-refractivity contribution in [3.8, 4) is 29.7 Å². The number of carbonyl (C=O) groups excluding carboxylic acids is 4. The van der Waals surface area contributed by atoms with Gasteiger partial charge in [-0.15, -0.1) is 0 Å². The number of fused-ring (bicyclic) bond motifs is 2. The number of hydrogen-bond acceptors (Lipinski definition) is 11. The van der Waals surface area contributed by atoms with Crippen LogP contribution in [0.3, 0.4) is 0 Å². The molecule has 376 valence electrons. The topological polar surface area (TPSA) is 178 Å². The van der Waals surface area contributed by atoms with E-state index in [1.54, 1.807) is 77.5 Å². The molecule has 0 bridgehead atoms. The van der Waals surface area contributed by atoms with Gasteiger partial charge in [0, 0.05) is 64.7 Å². The average Bonchev–Trinajstić information content (AvgIpc) is 4.21. The lowest BCUT2D eigenvalue weighted by atomic mass is 9.84. The highest BCUT2D eigenvalue weighted by Gasteiger charge is 2.59. The Balaban J connectivity index is 0.000000173. The lowest BCUT2D eigenvalue weighted by molar-refractivity contribution is -0.137. The van der Waals surface area contributed by atoms with Crippen LogP contribution in [0, 0.1) is 34.0 Å². The first kappa shape index (κ1) is 49.5. The van der Waals surface area contributed by atoms with E-state index >= 15 is 0 Å². The molecule has 0 N–H and O–H groups in total. The minimum Gasteiger partial charge on any atom is -0.493 e. The molecule has 2 atom stereocenters. The van der Waals surface area contributed by atoms with Gasteiger partial charge in [-0.05, 0) is 127 Å². The average molecular weight is 990 g/mol. The summed E-state index contributed by atoms with van der Waals surface area (Å²) < 4.78 is 11.5. The molecule has 6 amide bonds. The second kappa shape index (κ2) is 20.5. The van der Waals surface area contributed by atoms with Crippen molar-refractivity contribution in [2.45, 2.75) is 95.2 Å². The maximum atomic E-state index is 14.1. The molecule has 15 heteroatoms. The summed E-state index contributed by atoms with van der Waals surface area (Å²) in [6.45, 7) is 9.36. The number of imide groups is 2. The van der Waals surface area contributed by atoms with Crippen molar-refractivity contribution in [1.29, 1.82) is 15.8 Å². The molecule has 0 aliphatic carbocycles. The van der Waals surface area contributed by atoms with Gasteiger partial charge in [0.2, 0.25) is 0 Å². The van der Waals surface area contributed by atoms with Gasteiger partial charge in [0.15, 0.2) is 0 Å². The van der Waals surface area contributed by atoms with E-state index in [4.69, 9.17) is 20.0 Å².